The van der Waals surface area contributed by atoms with Crippen LogP contribution in [0.3, 0.4) is 0 Å². The van der Waals surface area contributed by atoms with E-state index in [1.54, 1.807) is 6.20 Å². The minimum Gasteiger partial charge on any atom is -0.374 e. The topological polar surface area (TPSA) is 55.3 Å². The number of hydrogen-bond donors (Lipinski definition) is 0. The fourth-order valence-electron chi connectivity index (χ4n) is 2.21. The Hall–Kier alpha value is -1.49. The maximum Gasteiger partial charge on any atom is 0.274 e. The molecule has 2 aliphatic rings. The Morgan fingerprint density at radius 2 is 2.47 bits per heavy atom. The Bertz CT molecular complexity index is 382. The van der Waals surface area contributed by atoms with Crippen molar-refractivity contribution >= 4 is 5.91 Å². The standard InChI is InChI=1S/C10H11N3O2/c14-10(9-4-11-1-2-12-9)13-5-8-3-7(13)6-15-8/h1-2,4,7-8H,3,5-6H2/t7-,8+/m0/s1. The molecule has 1 aromatic rings. The third-order valence-electron chi connectivity index (χ3n) is 2.94. The Morgan fingerprint density at radius 1 is 1.53 bits per heavy atom. The molecule has 1 aromatic heterocycles. The van der Waals surface area contributed by atoms with E-state index in [2.05, 4.69) is 9.97 Å². The Kier molecular flexibility index (Phi) is 1.92. The summed E-state index contributed by atoms with van der Waals surface area (Å²) in [4.78, 5) is 21.8. The quantitative estimate of drug-likeness (QED) is 0.652. The van der Waals surface area contributed by atoms with E-state index in [9.17, 15) is 4.79 Å². The second-order valence-electron chi connectivity index (χ2n) is 3.89. The number of amides is 1. The number of carbonyl (C=O) groups is 1. The molecule has 3 heterocycles. The molecule has 0 spiro atoms. The highest BCUT2D eigenvalue weighted by molar-refractivity contribution is 5.92. The Morgan fingerprint density at radius 3 is 3.07 bits per heavy atom. The predicted octanol–water partition coefficient (Wildman–Crippen LogP) is 0.0899. The summed E-state index contributed by atoms with van der Waals surface area (Å²) >= 11 is 0. The van der Waals surface area contributed by atoms with Gasteiger partial charge in [0.1, 0.15) is 5.69 Å². The second-order valence-corrected chi connectivity index (χ2v) is 3.89. The maximum atomic E-state index is 12.0. The van der Waals surface area contributed by atoms with Gasteiger partial charge in [-0.15, -0.1) is 0 Å². The van der Waals surface area contributed by atoms with Crippen LogP contribution >= 0.6 is 0 Å². The Labute approximate surface area is 87.1 Å². The van der Waals surface area contributed by atoms with Crippen molar-refractivity contribution < 1.29 is 9.53 Å². The highest BCUT2D eigenvalue weighted by Crippen LogP contribution is 2.28. The molecule has 0 aliphatic carbocycles. The fourth-order valence-corrected chi connectivity index (χ4v) is 2.21. The van der Waals surface area contributed by atoms with Crippen LogP contribution in [-0.2, 0) is 4.74 Å². The number of aromatic nitrogens is 2. The molecule has 0 aromatic carbocycles. The largest absolute Gasteiger partial charge is 0.374 e. The molecule has 0 saturated carbocycles. The van der Waals surface area contributed by atoms with Crippen LogP contribution in [0.2, 0.25) is 0 Å². The fraction of sp³-hybridized carbons (Fsp3) is 0.500. The number of rotatable bonds is 1. The van der Waals surface area contributed by atoms with Crippen LogP contribution in [0.15, 0.2) is 18.6 Å². The van der Waals surface area contributed by atoms with E-state index in [4.69, 9.17) is 4.74 Å². The number of hydrogen-bond acceptors (Lipinski definition) is 4. The van der Waals surface area contributed by atoms with Gasteiger partial charge in [-0.05, 0) is 6.42 Å². The highest BCUT2D eigenvalue weighted by atomic mass is 16.5. The van der Waals surface area contributed by atoms with E-state index in [-0.39, 0.29) is 18.1 Å². The maximum absolute atomic E-state index is 12.0. The molecule has 78 valence electrons. The van der Waals surface area contributed by atoms with Crippen LogP contribution in [0.4, 0.5) is 0 Å². The van der Waals surface area contributed by atoms with Crippen LogP contribution in [0.1, 0.15) is 16.9 Å². The molecule has 0 radical (unpaired) electrons. The third kappa shape index (κ3) is 1.39. The number of nitrogens with zero attached hydrogens (tertiary/aromatic N) is 3. The lowest BCUT2D eigenvalue weighted by Gasteiger charge is -2.26. The lowest BCUT2D eigenvalue weighted by atomic mass is 10.2. The molecular weight excluding hydrogens is 194 g/mol. The van der Waals surface area contributed by atoms with E-state index < -0.39 is 0 Å². The number of likely N-dealkylation sites (tertiary alicyclic amines) is 1. The van der Waals surface area contributed by atoms with Gasteiger partial charge in [0.05, 0.1) is 24.9 Å². The van der Waals surface area contributed by atoms with Gasteiger partial charge in [0.2, 0.25) is 0 Å². The summed E-state index contributed by atoms with van der Waals surface area (Å²) in [6.45, 7) is 1.36. The molecule has 2 bridgehead atoms. The summed E-state index contributed by atoms with van der Waals surface area (Å²) in [7, 11) is 0. The highest BCUT2D eigenvalue weighted by Gasteiger charge is 2.41. The van der Waals surface area contributed by atoms with Crippen LogP contribution in [0.5, 0.6) is 0 Å². The average molecular weight is 205 g/mol. The van der Waals surface area contributed by atoms with Gasteiger partial charge in [0, 0.05) is 18.9 Å². The van der Waals surface area contributed by atoms with Crippen LogP contribution in [0.25, 0.3) is 0 Å². The minimum atomic E-state index is -0.0288. The molecule has 0 unspecified atom stereocenters. The Balaban J connectivity index is 1.81. The summed E-state index contributed by atoms with van der Waals surface area (Å²) < 4.78 is 5.44. The summed E-state index contributed by atoms with van der Waals surface area (Å²) in [5.41, 5.74) is 0.421. The molecule has 15 heavy (non-hydrogen) atoms. The molecule has 3 rings (SSSR count). The average Bonchev–Trinajstić information content (AvgIpc) is 2.91. The van der Waals surface area contributed by atoms with Crippen molar-refractivity contribution in [3.8, 4) is 0 Å². The van der Waals surface area contributed by atoms with Gasteiger partial charge in [0.15, 0.2) is 0 Å². The van der Waals surface area contributed by atoms with E-state index >= 15 is 0 Å². The number of ether oxygens (including phenoxy) is 1. The van der Waals surface area contributed by atoms with E-state index in [1.165, 1.54) is 12.4 Å². The van der Waals surface area contributed by atoms with Crippen molar-refractivity contribution in [1.82, 2.24) is 14.9 Å². The third-order valence-corrected chi connectivity index (χ3v) is 2.94. The molecule has 5 heteroatoms. The molecule has 1 amide bonds. The molecule has 0 N–H and O–H groups in total. The van der Waals surface area contributed by atoms with Gasteiger partial charge in [-0.25, -0.2) is 4.98 Å². The van der Waals surface area contributed by atoms with E-state index in [0.29, 0.717) is 18.8 Å². The van der Waals surface area contributed by atoms with Crippen molar-refractivity contribution in [3.63, 3.8) is 0 Å². The summed E-state index contributed by atoms with van der Waals surface area (Å²) in [5.74, 6) is -0.0288. The first kappa shape index (κ1) is 8.79. The molecular formula is C10H11N3O2. The molecule has 2 fully saturated rings. The minimum absolute atomic E-state index is 0.0288. The lowest BCUT2D eigenvalue weighted by molar-refractivity contribution is 0.0255. The van der Waals surface area contributed by atoms with E-state index in [1.807, 2.05) is 4.90 Å². The molecule has 2 saturated heterocycles. The van der Waals surface area contributed by atoms with Gasteiger partial charge in [-0.3, -0.25) is 9.78 Å². The van der Waals surface area contributed by atoms with Gasteiger partial charge < -0.3 is 9.64 Å². The smallest absolute Gasteiger partial charge is 0.274 e. The zero-order valence-corrected chi connectivity index (χ0v) is 8.17. The lowest BCUT2D eigenvalue weighted by Crippen LogP contribution is -2.41. The summed E-state index contributed by atoms with van der Waals surface area (Å²) in [6, 6.07) is 0.240. The number of carbonyl (C=O) groups excluding carboxylic acids is 1. The SMILES string of the molecule is O=C(c1cnccn1)N1C[C@H]2C[C@H]1CO2. The first-order valence-corrected chi connectivity index (χ1v) is 5.03. The van der Waals surface area contributed by atoms with Crippen LogP contribution in [0, 0.1) is 0 Å². The summed E-state index contributed by atoms with van der Waals surface area (Å²) in [5, 5.41) is 0. The normalized spacial score (nSPS) is 28.4. The summed E-state index contributed by atoms with van der Waals surface area (Å²) in [6.07, 6.45) is 5.81. The van der Waals surface area contributed by atoms with Gasteiger partial charge in [-0.1, -0.05) is 0 Å². The zero-order valence-electron chi connectivity index (χ0n) is 8.17. The van der Waals surface area contributed by atoms with Crippen LogP contribution in [-0.4, -0.2) is 46.1 Å². The first-order chi connectivity index (χ1) is 7.34. The zero-order chi connectivity index (χ0) is 10.3. The predicted molar refractivity (Wildman–Crippen MR) is 51.2 cm³/mol. The van der Waals surface area contributed by atoms with Crippen molar-refractivity contribution in [3.05, 3.63) is 24.3 Å². The van der Waals surface area contributed by atoms with Gasteiger partial charge >= 0.3 is 0 Å². The van der Waals surface area contributed by atoms with Crippen molar-refractivity contribution in [2.24, 2.45) is 0 Å². The monoisotopic (exact) mass is 205 g/mol. The van der Waals surface area contributed by atoms with Crippen LogP contribution < -0.4 is 0 Å². The van der Waals surface area contributed by atoms with Gasteiger partial charge in [0.25, 0.3) is 5.91 Å². The van der Waals surface area contributed by atoms with Crippen molar-refractivity contribution in [2.45, 2.75) is 18.6 Å². The van der Waals surface area contributed by atoms with Gasteiger partial charge in [-0.2, -0.15) is 0 Å². The molecule has 5 nitrogen and oxygen atoms in total. The number of morpholine rings is 1. The van der Waals surface area contributed by atoms with E-state index in [0.717, 1.165) is 6.42 Å². The molecule has 2 atom stereocenters. The first-order valence-electron chi connectivity index (χ1n) is 5.03. The second kappa shape index (κ2) is 3.27. The number of fused-ring (bicyclic) bond motifs is 2. The van der Waals surface area contributed by atoms with Crippen molar-refractivity contribution in [1.29, 1.82) is 0 Å². The molecule has 2 aliphatic heterocycles. The van der Waals surface area contributed by atoms with Crippen molar-refractivity contribution in [2.75, 3.05) is 13.2 Å².